The molecule has 0 aromatic heterocycles. The maximum absolute atomic E-state index is 12.2. The van der Waals surface area contributed by atoms with E-state index in [0.717, 1.165) is 0 Å². The van der Waals surface area contributed by atoms with Gasteiger partial charge in [0.05, 0.1) is 32.0 Å². The van der Waals surface area contributed by atoms with Crippen molar-refractivity contribution >= 4 is 35.6 Å². The van der Waals surface area contributed by atoms with Crippen molar-refractivity contribution in [3.05, 3.63) is 65.2 Å². The molecule has 0 heterocycles. The number of amides is 1. The largest absolute Gasteiger partial charge is 0.493 e. The van der Waals surface area contributed by atoms with Crippen LogP contribution in [0, 0.1) is 0 Å². The van der Waals surface area contributed by atoms with Crippen LogP contribution in [0.2, 0.25) is 0 Å². The molecule has 0 spiro atoms. The Labute approximate surface area is 184 Å². The van der Waals surface area contributed by atoms with Crippen molar-refractivity contribution in [2.45, 2.75) is 6.92 Å². The highest BCUT2D eigenvalue weighted by Gasteiger charge is 2.15. The average Bonchev–Trinajstić information content (AvgIpc) is 2.81. The number of para-hydroxylation sites is 1. The zero-order valence-electron chi connectivity index (χ0n) is 17.9. The number of anilines is 1. The van der Waals surface area contributed by atoms with E-state index in [1.54, 1.807) is 18.2 Å². The van der Waals surface area contributed by atoms with Crippen LogP contribution < -0.4 is 10.1 Å². The highest BCUT2D eigenvalue weighted by Crippen LogP contribution is 2.19. The number of methoxy groups -OCH3 is 2. The van der Waals surface area contributed by atoms with Crippen LogP contribution in [0.25, 0.3) is 6.08 Å². The van der Waals surface area contributed by atoms with Gasteiger partial charge < -0.3 is 24.3 Å². The van der Waals surface area contributed by atoms with Gasteiger partial charge in [-0.1, -0.05) is 18.2 Å². The van der Waals surface area contributed by atoms with Gasteiger partial charge in [0.1, 0.15) is 5.75 Å². The van der Waals surface area contributed by atoms with Crippen molar-refractivity contribution in [1.29, 1.82) is 0 Å². The van der Waals surface area contributed by atoms with Crippen molar-refractivity contribution in [1.82, 2.24) is 0 Å². The zero-order valence-corrected chi connectivity index (χ0v) is 17.9. The van der Waals surface area contributed by atoms with Crippen LogP contribution in [0.1, 0.15) is 33.2 Å². The maximum Gasteiger partial charge on any atom is 0.337 e. The number of ether oxygens (including phenoxy) is 4. The molecule has 0 aliphatic heterocycles. The van der Waals surface area contributed by atoms with E-state index in [2.05, 4.69) is 14.8 Å². The third kappa shape index (κ3) is 6.98. The van der Waals surface area contributed by atoms with Gasteiger partial charge in [-0.15, -0.1) is 0 Å². The van der Waals surface area contributed by atoms with Crippen molar-refractivity contribution < 1.29 is 38.1 Å². The second kappa shape index (κ2) is 11.9. The van der Waals surface area contributed by atoms with Gasteiger partial charge in [0.25, 0.3) is 5.91 Å². The van der Waals surface area contributed by atoms with E-state index in [1.165, 1.54) is 44.6 Å². The summed E-state index contributed by atoms with van der Waals surface area (Å²) >= 11 is 0. The van der Waals surface area contributed by atoms with Crippen molar-refractivity contribution in [3.8, 4) is 5.75 Å². The van der Waals surface area contributed by atoms with Gasteiger partial charge in [-0.3, -0.25) is 4.79 Å². The van der Waals surface area contributed by atoms with Crippen molar-refractivity contribution in [2.24, 2.45) is 0 Å². The molecular formula is C23H23NO8. The quantitative estimate of drug-likeness (QED) is 0.359. The summed E-state index contributed by atoms with van der Waals surface area (Å²) in [4.78, 5) is 47.7. The molecule has 2 aromatic rings. The van der Waals surface area contributed by atoms with Crippen LogP contribution in [0.15, 0.2) is 48.5 Å². The first-order chi connectivity index (χ1) is 15.4. The van der Waals surface area contributed by atoms with E-state index in [0.29, 0.717) is 17.9 Å². The summed E-state index contributed by atoms with van der Waals surface area (Å²) in [7, 11) is 2.37. The Balaban J connectivity index is 2.01. The molecule has 0 aliphatic rings. The standard InChI is InChI=1S/C23H23NO8/c1-4-31-19-8-6-5-7-15(19)9-10-21(26)32-14-20(25)24-18-12-16(22(27)29-2)11-17(13-18)23(28)30-3/h5-13H,4,14H2,1-3H3,(H,24,25)/b10-9+. The van der Waals surface area contributed by atoms with Crippen molar-refractivity contribution in [2.75, 3.05) is 32.8 Å². The molecule has 0 radical (unpaired) electrons. The van der Waals surface area contributed by atoms with Gasteiger partial charge in [0, 0.05) is 17.3 Å². The van der Waals surface area contributed by atoms with Crippen LogP contribution in [0.3, 0.4) is 0 Å². The van der Waals surface area contributed by atoms with E-state index >= 15 is 0 Å². The summed E-state index contributed by atoms with van der Waals surface area (Å²) in [5.41, 5.74) is 0.901. The number of rotatable bonds is 9. The molecule has 168 valence electrons. The van der Waals surface area contributed by atoms with E-state index in [1.807, 2.05) is 13.0 Å². The lowest BCUT2D eigenvalue weighted by Gasteiger charge is -2.09. The fourth-order valence-corrected chi connectivity index (χ4v) is 2.62. The molecule has 2 rings (SSSR count). The third-order valence-corrected chi connectivity index (χ3v) is 4.02. The maximum atomic E-state index is 12.2. The van der Waals surface area contributed by atoms with E-state index in [4.69, 9.17) is 9.47 Å². The number of esters is 3. The smallest absolute Gasteiger partial charge is 0.337 e. The first kappa shape index (κ1) is 24.1. The highest BCUT2D eigenvalue weighted by molar-refractivity contribution is 6.00. The molecule has 0 atom stereocenters. The van der Waals surface area contributed by atoms with Crippen molar-refractivity contribution in [3.63, 3.8) is 0 Å². The lowest BCUT2D eigenvalue weighted by Crippen LogP contribution is -2.20. The average molecular weight is 441 g/mol. The number of hydrogen-bond acceptors (Lipinski definition) is 8. The fourth-order valence-electron chi connectivity index (χ4n) is 2.62. The monoisotopic (exact) mass is 441 g/mol. The fraction of sp³-hybridized carbons (Fsp3) is 0.217. The summed E-state index contributed by atoms with van der Waals surface area (Å²) in [6.07, 6.45) is 2.70. The minimum absolute atomic E-state index is 0.0404. The minimum Gasteiger partial charge on any atom is -0.493 e. The minimum atomic E-state index is -0.731. The van der Waals surface area contributed by atoms with Gasteiger partial charge in [0.15, 0.2) is 6.61 Å². The number of nitrogens with one attached hydrogen (secondary N) is 1. The molecule has 2 aromatic carbocycles. The highest BCUT2D eigenvalue weighted by atomic mass is 16.5. The number of hydrogen-bond donors (Lipinski definition) is 1. The SMILES string of the molecule is CCOc1ccccc1/C=C/C(=O)OCC(=O)Nc1cc(C(=O)OC)cc(C(=O)OC)c1. The molecular weight excluding hydrogens is 418 g/mol. The van der Waals surface area contributed by atoms with E-state index in [9.17, 15) is 19.2 Å². The Morgan fingerprint density at radius 2 is 1.56 bits per heavy atom. The molecule has 0 fully saturated rings. The molecule has 1 amide bonds. The van der Waals surface area contributed by atoms with Gasteiger partial charge >= 0.3 is 17.9 Å². The summed E-state index contributed by atoms with van der Waals surface area (Å²) in [5, 5.41) is 2.46. The topological polar surface area (TPSA) is 117 Å². The van der Waals surface area contributed by atoms with Gasteiger partial charge in [-0.05, 0) is 37.3 Å². The number of carbonyl (C=O) groups excluding carboxylic acids is 4. The van der Waals surface area contributed by atoms with Crippen LogP contribution >= 0.6 is 0 Å². The summed E-state index contributed by atoms with van der Waals surface area (Å²) in [5.74, 6) is -2.18. The molecule has 0 aliphatic carbocycles. The molecule has 0 bridgehead atoms. The third-order valence-electron chi connectivity index (χ3n) is 4.02. The van der Waals surface area contributed by atoms with Gasteiger partial charge in [-0.2, -0.15) is 0 Å². The zero-order chi connectivity index (χ0) is 23.5. The Kier molecular flexibility index (Phi) is 8.97. The van der Waals surface area contributed by atoms with E-state index in [-0.39, 0.29) is 16.8 Å². The summed E-state index contributed by atoms with van der Waals surface area (Å²) < 4.78 is 19.7. The number of carbonyl (C=O) groups is 4. The molecule has 9 nitrogen and oxygen atoms in total. The Morgan fingerprint density at radius 1 is 0.938 bits per heavy atom. The Morgan fingerprint density at radius 3 is 2.16 bits per heavy atom. The molecule has 0 saturated carbocycles. The van der Waals surface area contributed by atoms with E-state index < -0.39 is 30.4 Å². The summed E-state index contributed by atoms with van der Waals surface area (Å²) in [6.45, 7) is 1.75. The number of benzene rings is 2. The van der Waals surface area contributed by atoms with Gasteiger partial charge in [0.2, 0.25) is 0 Å². The van der Waals surface area contributed by atoms with Crippen LogP contribution in [-0.2, 0) is 23.8 Å². The lowest BCUT2D eigenvalue weighted by molar-refractivity contribution is -0.142. The molecule has 1 N–H and O–H groups in total. The van der Waals surface area contributed by atoms with Crippen LogP contribution in [0.5, 0.6) is 5.75 Å². The predicted molar refractivity (Wildman–Crippen MR) is 115 cm³/mol. The molecule has 0 saturated heterocycles. The Bertz CT molecular complexity index is 994. The van der Waals surface area contributed by atoms with Crippen LogP contribution in [0.4, 0.5) is 5.69 Å². The molecule has 9 heteroatoms. The Hall–Kier alpha value is -4.14. The second-order valence-electron chi connectivity index (χ2n) is 6.24. The normalized spacial score (nSPS) is 10.3. The first-order valence-electron chi connectivity index (χ1n) is 9.56. The first-order valence-corrected chi connectivity index (χ1v) is 9.56. The lowest BCUT2D eigenvalue weighted by atomic mass is 10.1. The molecule has 32 heavy (non-hydrogen) atoms. The van der Waals surface area contributed by atoms with Crippen LogP contribution in [-0.4, -0.2) is 51.2 Å². The molecule has 0 unspecified atom stereocenters. The van der Waals surface area contributed by atoms with Gasteiger partial charge in [-0.25, -0.2) is 14.4 Å². The predicted octanol–water partition coefficient (Wildman–Crippen LogP) is 2.85. The second-order valence-corrected chi connectivity index (χ2v) is 6.24. The summed E-state index contributed by atoms with van der Waals surface area (Å²) in [6, 6.07) is 11.1.